The molecule has 1 aliphatic carbocycles. The summed E-state index contributed by atoms with van der Waals surface area (Å²) >= 11 is 5.82. The predicted molar refractivity (Wildman–Crippen MR) is 86.7 cm³/mol. The van der Waals surface area contributed by atoms with Gasteiger partial charge in [-0.3, -0.25) is 4.79 Å². The third-order valence-electron chi connectivity index (χ3n) is 3.54. The fourth-order valence-corrected chi connectivity index (χ4v) is 2.62. The number of methoxy groups -OCH3 is 1. The van der Waals surface area contributed by atoms with Gasteiger partial charge < -0.3 is 15.6 Å². The number of aromatic hydroxyl groups is 1. The normalized spacial score (nSPS) is 12.1. The van der Waals surface area contributed by atoms with E-state index in [9.17, 15) is 9.90 Å². The Balaban J connectivity index is 0.000000162. The van der Waals surface area contributed by atoms with Crippen LogP contribution >= 0.6 is 11.6 Å². The number of para-hydroxylation sites is 1. The Bertz CT molecular complexity index is 686. The van der Waals surface area contributed by atoms with Gasteiger partial charge in [0, 0.05) is 5.02 Å². The Labute approximate surface area is 134 Å². The summed E-state index contributed by atoms with van der Waals surface area (Å²) in [6.45, 7) is 0. The van der Waals surface area contributed by atoms with Gasteiger partial charge in [-0.15, -0.1) is 0 Å². The van der Waals surface area contributed by atoms with E-state index >= 15 is 0 Å². The molecule has 5 heteroatoms. The minimum Gasteiger partial charge on any atom is -0.504 e. The summed E-state index contributed by atoms with van der Waals surface area (Å²) in [5.74, 6) is -0.648. The highest BCUT2D eigenvalue weighted by molar-refractivity contribution is 6.30. The fourth-order valence-electron chi connectivity index (χ4n) is 2.43. The number of aryl methyl sites for hydroxylation is 2. The molecule has 0 aliphatic heterocycles. The van der Waals surface area contributed by atoms with Gasteiger partial charge in [-0.05, 0) is 54.7 Å². The first-order chi connectivity index (χ1) is 10.5. The van der Waals surface area contributed by atoms with Crippen molar-refractivity contribution in [2.45, 2.75) is 19.3 Å². The van der Waals surface area contributed by atoms with E-state index in [0.29, 0.717) is 0 Å². The Morgan fingerprint density at radius 3 is 2.64 bits per heavy atom. The van der Waals surface area contributed by atoms with Crippen molar-refractivity contribution >= 4 is 17.5 Å². The number of phenols is 1. The van der Waals surface area contributed by atoms with Gasteiger partial charge in [-0.25, -0.2) is 0 Å². The predicted octanol–water partition coefficient (Wildman–Crippen LogP) is 3.33. The SMILES string of the molecule is COc1cccc(C(N)=O)c1O.Clc1ccc2c(c1)CCC2. The van der Waals surface area contributed by atoms with Gasteiger partial charge >= 0.3 is 0 Å². The number of halogens is 1. The van der Waals surface area contributed by atoms with Crippen LogP contribution in [0.3, 0.4) is 0 Å². The van der Waals surface area contributed by atoms with E-state index in [1.807, 2.05) is 6.07 Å². The first kappa shape index (κ1) is 16.2. The molecular formula is C17H18ClNO3. The molecule has 0 radical (unpaired) electrons. The number of benzene rings is 2. The minimum atomic E-state index is -0.675. The van der Waals surface area contributed by atoms with E-state index in [1.165, 1.54) is 43.6 Å². The number of ether oxygens (including phenoxy) is 1. The van der Waals surface area contributed by atoms with E-state index in [2.05, 4.69) is 12.1 Å². The van der Waals surface area contributed by atoms with Crippen molar-refractivity contribution in [3.8, 4) is 11.5 Å². The second-order valence-electron chi connectivity index (χ2n) is 4.99. The molecule has 3 N–H and O–H groups in total. The van der Waals surface area contributed by atoms with Gasteiger partial charge in [-0.1, -0.05) is 23.7 Å². The molecule has 0 heterocycles. The lowest BCUT2D eigenvalue weighted by molar-refractivity contribution is 0.0997. The molecule has 1 aliphatic rings. The number of hydrogen-bond donors (Lipinski definition) is 2. The fraction of sp³-hybridized carbons (Fsp3) is 0.235. The highest BCUT2D eigenvalue weighted by atomic mass is 35.5. The number of fused-ring (bicyclic) bond motifs is 1. The van der Waals surface area contributed by atoms with Crippen LogP contribution in [-0.2, 0) is 12.8 Å². The van der Waals surface area contributed by atoms with Crippen molar-refractivity contribution in [1.82, 2.24) is 0 Å². The number of carbonyl (C=O) groups excluding carboxylic acids is 1. The van der Waals surface area contributed by atoms with Crippen LogP contribution in [-0.4, -0.2) is 18.1 Å². The maximum Gasteiger partial charge on any atom is 0.252 e. The van der Waals surface area contributed by atoms with E-state index < -0.39 is 5.91 Å². The number of rotatable bonds is 2. The quantitative estimate of drug-likeness (QED) is 0.891. The molecule has 116 valence electrons. The molecule has 0 atom stereocenters. The molecule has 2 aromatic rings. The lowest BCUT2D eigenvalue weighted by Crippen LogP contribution is -2.11. The summed E-state index contributed by atoms with van der Waals surface area (Å²) in [6, 6.07) is 10.8. The molecule has 2 aromatic carbocycles. The first-order valence-corrected chi connectivity index (χ1v) is 7.33. The van der Waals surface area contributed by atoms with Crippen molar-refractivity contribution in [2.75, 3.05) is 7.11 Å². The van der Waals surface area contributed by atoms with Crippen molar-refractivity contribution in [3.05, 3.63) is 58.1 Å². The molecule has 1 amide bonds. The van der Waals surface area contributed by atoms with Crippen LogP contribution in [0.1, 0.15) is 27.9 Å². The van der Waals surface area contributed by atoms with Crippen LogP contribution in [0.5, 0.6) is 11.5 Å². The Morgan fingerprint density at radius 2 is 1.95 bits per heavy atom. The average molecular weight is 320 g/mol. The molecule has 0 saturated heterocycles. The maximum atomic E-state index is 10.7. The van der Waals surface area contributed by atoms with Crippen LogP contribution in [0, 0.1) is 0 Å². The summed E-state index contributed by atoms with van der Waals surface area (Å²) in [5, 5.41) is 10.2. The average Bonchev–Trinajstić information content (AvgIpc) is 2.95. The Hall–Kier alpha value is -2.20. The monoisotopic (exact) mass is 319 g/mol. The highest BCUT2D eigenvalue weighted by Gasteiger charge is 2.11. The van der Waals surface area contributed by atoms with Crippen molar-refractivity contribution in [1.29, 1.82) is 0 Å². The molecule has 0 spiro atoms. The topological polar surface area (TPSA) is 72.5 Å². The van der Waals surface area contributed by atoms with E-state index in [4.69, 9.17) is 22.1 Å². The molecule has 0 saturated carbocycles. The van der Waals surface area contributed by atoms with Gasteiger partial charge in [-0.2, -0.15) is 0 Å². The molecule has 4 nitrogen and oxygen atoms in total. The van der Waals surface area contributed by atoms with E-state index in [-0.39, 0.29) is 17.1 Å². The molecule has 3 rings (SSSR count). The van der Waals surface area contributed by atoms with Gasteiger partial charge in [0.05, 0.1) is 12.7 Å². The molecular weight excluding hydrogens is 302 g/mol. The zero-order valence-electron chi connectivity index (χ0n) is 12.3. The molecule has 0 unspecified atom stereocenters. The molecule has 0 fully saturated rings. The molecule has 0 bridgehead atoms. The van der Waals surface area contributed by atoms with Gasteiger partial charge in [0.15, 0.2) is 11.5 Å². The third-order valence-corrected chi connectivity index (χ3v) is 3.78. The third kappa shape index (κ3) is 3.71. The highest BCUT2D eigenvalue weighted by Crippen LogP contribution is 2.28. The summed E-state index contributed by atoms with van der Waals surface area (Å²) in [6.07, 6.45) is 3.76. The number of hydrogen-bond acceptors (Lipinski definition) is 3. The van der Waals surface area contributed by atoms with Crippen LogP contribution in [0.15, 0.2) is 36.4 Å². The van der Waals surface area contributed by atoms with Gasteiger partial charge in [0.2, 0.25) is 0 Å². The van der Waals surface area contributed by atoms with Crippen LogP contribution in [0.2, 0.25) is 5.02 Å². The minimum absolute atomic E-state index is 0.0642. The molecule has 22 heavy (non-hydrogen) atoms. The number of carbonyl (C=O) groups is 1. The molecule has 0 aromatic heterocycles. The number of primary amides is 1. The number of nitrogens with two attached hydrogens (primary N) is 1. The standard InChI is InChI=1S/C9H9Cl.C8H9NO3/c10-9-5-4-7-2-1-3-8(7)6-9;1-12-6-4-2-3-5(7(6)10)8(9)11/h4-6H,1-3H2;2-4,10H,1H3,(H2,9,11). The number of amides is 1. The summed E-state index contributed by atoms with van der Waals surface area (Å²) in [4.78, 5) is 10.7. The summed E-state index contributed by atoms with van der Waals surface area (Å²) in [5.41, 5.74) is 7.99. The van der Waals surface area contributed by atoms with Crippen molar-refractivity contribution < 1.29 is 14.6 Å². The summed E-state index contributed by atoms with van der Waals surface area (Å²) in [7, 11) is 1.40. The smallest absolute Gasteiger partial charge is 0.252 e. The van der Waals surface area contributed by atoms with E-state index in [1.54, 1.807) is 12.1 Å². The van der Waals surface area contributed by atoms with Gasteiger partial charge in [0.1, 0.15) is 0 Å². The van der Waals surface area contributed by atoms with Crippen molar-refractivity contribution in [2.24, 2.45) is 5.73 Å². The first-order valence-electron chi connectivity index (χ1n) is 6.96. The second-order valence-corrected chi connectivity index (χ2v) is 5.42. The van der Waals surface area contributed by atoms with Crippen molar-refractivity contribution in [3.63, 3.8) is 0 Å². The van der Waals surface area contributed by atoms with E-state index in [0.717, 1.165) is 5.02 Å². The van der Waals surface area contributed by atoms with Crippen LogP contribution in [0.4, 0.5) is 0 Å². The van der Waals surface area contributed by atoms with Crippen LogP contribution in [0.25, 0.3) is 0 Å². The lowest BCUT2D eigenvalue weighted by Gasteiger charge is -2.04. The van der Waals surface area contributed by atoms with Gasteiger partial charge in [0.25, 0.3) is 5.91 Å². The largest absolute Gasteiger partial charge is 0.504 e. The van der Waals surface area contributed by atoms with Crippen LogP contribution < -0.4 is 10.5 Å². The zero-order valence-corrected chi connectivity index (χ0v) is 13.1. The second kappa shape index (κ2) is 7.18. The maximum absolute atomic E-state index is 10.7. The Kier molecular flexibility index (Phi) is 5.28. The lowest BCUT2D eigenvalue weighted by atomic mass is 10.1. The Morgan fingerprint density at radius 1 is 1.23 bits per heavy atom. The zero-order chi connectivity index (χ0) is 16.1. The summed E-state index contributed by atoms with van der Waals surface area (Å²) < 4.78 is 4.78.